The van der Waals surface area contributed by atoms with Crippen molar-refractivity contribution in [1.29, 1.82) is 0 Å². The molecule has 0 radical (unpaired) electrons. The normalized spacial score (nSPS) is 14.3. The maximum atomic E-state index is 2.54. The lowest BCUT2D eigenvalue weighted by atomic mass is 9.80. The van der Waals surface area contributed by atoms with Gasteiger partial charge < -0.3 is 4.90 Å². The third kappa shape index (κ3) is 6.68. The van der Waals surface area contributed by atoms with Crippen molar-refractivity contribution in [3.05, 3.63) is 235 Å². The van der Waals surface area contributed by atoms with E-state index in [4.69, 9.17) is 0 Å². The fraction of sp³-hybridized carbons (Fsp3) is 0.138. The first-order valence-corrected chi connectivity index (χ1v) is 24.0. The summed E-state index contributed by atoms with van der Waals surface area (Å²) in [5, 5.41) is 5.19. The van der Waals surface area contributed by atoms with E-state index in [1.54, 1.807) is 0 Å². The van der Waals surface area contributed by atoms with Crippen molar-refractivity contribution in [2.24, 2.45) is 0 Å². The Bertz CT molecular complexity index is 3410. The Balaban J connectivity index is 1.09. The van der Waals surface area contributed by atoms with Crippen LogP contribution in [0.4, 0.5) is 17.1 Å². The highest BCUT2D eigenvalue weighted by Gasteiger charge is 2.36. The van der Waals surface area contributed by atoms with Crippen molar-refractivity contribution < 1.29 is 0 Å². The molecular weight excluding hydrogens is 795 g/mol. The van der Waals surface area contributed by atoms with Gasteiger partial charge in [-0.05, 0) is 126 Å². The Kier molecular flexibility index (Phi) is 10.0. The predicted octanol–water partition coefficient (Wildman–Crippen LogP) is 18.5. The molecule has 1 saturated carbocycles. The lowest BCUT2D eigenvalue weighted by Gasteiger charge is -2.31. The van der Waals surface area contributed by atoms with Gasteiger partial charge in [-0.1, -0.05) is 227 Å². The minimum Gasteiger partial charge on any atom is -0.309 e. The lowest BCUT2D eigenvalue weighted by Crippen LogP contribution is -2.14. The van der Waals surface area contributed by atoms with Crippen LogP contribution >= 0.6 is 0 Å². The number of anilines is 3. The van der Waals surface area contributed by atoms with Gasteiger partial charge in [-0.15, -0.1) is 0 Å². The van der Waals surface area contributed by atoms with Crippen LogP contribution in [0, 0.1) is 0 Å². The molecule has 0 saturated heterocycles. The van der Waals surface area contributed by atoms with Crippen LogP contribution in [0.1, 0.15) is 68.6 Å². The van der Waals surface area contributed by atoms with Gasteiger partial charge in [0.25, 0.3) is 0 Å². The fourth-order valence-corrected chi connectivity index (χ4v) is 11.8. The van der Waals surface area contributed by atoms with Crippen LogP contribution < -0.4 is 4.90 Å². The molecule has 0 N–H and O–H groups in total. The molecule has 0 amide bonds. The van der Waals surface area contributed by atoms with Crippen LogP contribution in [0.25, 0.3) is 77.2 Å². The van der Waals surface area contributed by atoms with Crippen molar-refractivity contribution >= 4 is 38.6 Å². The second-order valence-electron chi connectivity index (χ2n) is 19.0. The molecule has 2 aliphatic carbocycles. The third-order valence-corrected chi connectivity index (χ3v) is 14.9. The molecule has 66 heavy (non-hydrogen) atoms. The van der Waals surface area contributed by atoms with Gasteiger partial charge in [0.2, 0.25) is 0 Å². The first-order chi connectivity index (χ1) is 32.5. The van der Waals surface area contributed by atoms with E-state index in [1.165, 1.54) is 126 Å². The van der Waals surface area contributed by atoms with E-state index in [0.717, 1.165) is 17.1 Å². The molecule has 0 bridgehead atoms. The summed E-state index contributed by atoms with van der Waals surface area (Å²) in [5.41, 5.74) is 20.2. The van der Waals surface area contributed by atoms with Gasteiger partial charge in [0.15, 0.2) is 0 Å². The lowest BCUT2D eigenvalue weighted by molar-refractivity contribution is 0.445. The Morgan fingerprint density at radius 1 is 0.364 bits per heavy atom. The minimum atomic E-state index is -0.0630. The Hall–Kier alpha value is -7.48. The zero-order valence-corrected chi connectivity index (χ0v) is 37.8. The minimum absolute atomic E-state index is 0.0630. The predicted molar refractivity (Wildman–Crippen MR) is 281 cm³/mol. The molecule has 0 spiro atoms. The zero-order chi connectivity index (χ0) is 44.2. The maximum Gasteiger partial charge on any atom is 0.0540 e. The topological polar surface area (TPSA) is 3.24 Å². The average Bonchev–Trinajstić information content (AvgIpc) is 3.62. The second-order valence-corrected chi connectivity index (χ2v) is 19.0. The number of rotatable bonds is 8. The van der Waals surface area contributed by atoms with E-state index in [-0.39, 0.29) is 5.41 Å². The number of benzene rings is 10. The summed E-state index contributed by atoms with van der Waals surface area (Å²) >= 11 is 0. The summed E-state index contributed by atoms with van der Waals surface area (Å²) < 4.78 is 0. The van der Waals surface area contributed by atoms with Gasteiger partial charge in [0.05, 0.1) is 11.4 Å². The second kappa shape index (κ2) is 16.5. The van der Waals surface area contributed by atoms with E-state index in [1.807, 2.05) is 0 Å². The highest BCUT2D eigenvalue weighted by molar-refractivity contribution is 6.10. The summed E-state index contributed by atoms with van der Waals surface area (Å²) in [4.78, 5) is 2.54. The largest absolute Gasteiger partial charge is 0.309 e. The van der Waals surface area contributed by atoms with Gasteiger partial charge in [-0.2, -0.15) is 0 Å². The highest BCUT2D eigenvalue weighted by atomic mass is 15.1. The number of hydrogen-bond donors (Lipinski definition) is 0. The van der Waals surface area contributed by atoms with Gasteiger partial charge in [-0.3, -0.25) is 0 Å². The molecular formula is C65H53N. The quantitative estimate of drug-likeness (QED) is 0.147. The number of hydrogen-bond acceptors (Lipinski definition) is 1. The molecule has 0 unspecified atom stereocenters. The summed E-state index contributed by atoms with van der Waals surface area (Å²) in [6, 6.07) is 81.7. The Labute approximate surface area is 389 Å². The number of nitrogens with zero attached hydrogens (tertiary/aromatic N) is 1. The van der Waals surface area contributed by atoms with Crippen LogP contribution in [0.5, 0.6) is 0 Å². The van der Waals surface area contributed by atoms with Crippen LogP contribution in [-0.4, -0.2) is 0 Å². The molecule has 1 fully saturated rings. The first-order valence-electron chi connectivity index (χ1n) is 24.0. The van der Waals surface area contributed by atoms with Gasteiger partial charge in [0, 0.05) is 22.2 Å². The summed E-state index contributed by atoms with van der Waals surface area (Å²) in [7, 11) is 0. The monoisotopic (exact) mass is 847 g/mol. The number of para-hydroxylation sites is 2. The molecule has 0 heterocycles. The van der Waals surface area contributed by atoms with Gasteiger partial charge in [-0.25, -0.2) is 0 Å². The molecule has 318 valence electrons. The molecule has 10 aromatic rings. The van der Waals surface area contributed by atoms with E-state index in [0.29, 0.717) is 5.92 Å². The summed E-state index contributed by atoms with van der Waals surface area (Å²) in [6.07, 6.45) is 6.45. The number of fused-ring (bicyclic) bond motifs is 5. The molecule has 0 aliphatic heterocycles. The van der Waals surface area contributed by atoms with Crippen LogP contribution in [0.15, 0.2) is 218 Å². The molecule has 10 aromatic carbocycles. The fourth-order valence-electron chi connectivity index (χ4n) is 11.8. The maximum absolute atomic E-state index is 2.54. The summed E-state index contributed by atoms with van der Waals surface area (Å²) in [6.45, 7) is 4.73. The van der Waals surface area contributed by atoms with Crippen molar-refractivity contribution in [2.75, 3.05) is 4.90 Å². The van der Waals surface area contributed by atoms with Gasteiger partial charge in [0.1, 0.15) is 0 Å². The van der Waals surface area contributed by atoms with E-state index in [2.05, 4.69) is 237 Å². The van der Waals surface area contributed by atoms with Crippen molar-refractivity contribution in [1.82, 2.24) is 0 Å². The average molecular weight is 848 g/mol. The molecule has 1 nitrogen and oxygen atoms in total. The van der Waals surface area contributed by atoms with Crippen LogP contribution in [0.2, 0.25) is 0 Å². The van der Waals surface area contributed by atoms with Crippen molar-refractivity contribution in [2.45, 2.75) is 57.3 Å². The summed E-state index contributed by atoms with van der Waals surface area (Å²) in [5.74, 6) is 0.572. The van der Waals surface area contributed by atoms with Crippen molar-refractivity contribution in [3.63, 3.8) is 0 Å². The Morgan fingerprint density at radius 3 is 1.53 bits per heavy atom. The smallest absolute Gasteiger partial charge is 0.0540 e. The standard InChI is InChI=1S/C65H53N/c1-65(2)58-36-12-9-30-57(58)64-52(33-19-37-59(64)65)46-40-42-49(43-41-46)66(60-38-13-10-28-53(60)55-34-17-26-47-24-15-31-50(62(47)55)44-20-5-3-6-21-44)61-39-14-11-29-54(61)56-35-18-27-48-25-16-32-51(63(48)56)45-22-7-4-8-23-45/h3,5-6,9-21,24-43,45H,4,7-8,22-23H2,1-2H3. The highest BCUT2D eigenvalue weighted by Crippen LogP contribution is 2.53. The molecule has 2 aliphatic rings. The van der Waals surface area contributed by atoms with Crippen molar-refractivity contribution in [3.8, 4) is 55.6 Å². The third-order valence-electron chi connectivity index (χ3n) is 14.9. The molecule has 0 aromatic heterocycles. The van der Waals surface area contributed by atoms with Crippen LogP contribution in [-0.2, 0) is 5.41 Å². The van der Waals surface area contributed by atoms with Crippen LogP contribution in [0.3, 0.4) is 0 Å². The Morgan fingerprint density at radius 2 is 0.848 bits per heavy atom. The van der Waals surface area contributed by atoms with E-state index >= 15 is 0 Å². The molecule has 0 atom stereocenters. The molecule has 12 rings (SSSR count). The SMILES string of the molecule is CC1(C)c2ccccc2-c2c(-c3ccc(N(c4ccccc4-c4cccc5cccc(-c6ccccc6)c45)c4ccccc4-c4cccc5cccc(C6CCCCC6)c45)cc3)cccc21. The zero-order valence-electron chi connectivity index (χ0n) is 37.8. The first kappa shape index (κ1) is 40.1. The van der Waals surface area contributed by atoms with E-state index in [9.17, 15) is 0 Å². The van der Waals surface area contributed by atoms with Gasteiger partial charge >= 0.3 is 0 Å². The van der Waals surface area contributed by atoms with E-state index < -0.39 is 0 Å². The molecule has 1 heteroatoms.